The van der Waals surface area contributed by atoms with Crippen molar-refractivity contribution in [2.75, 3.05) is 27.2 Å². The molecule has 2 aromatic carbocycles. The Morgan fingerprint density at radius 2 is 1.75 bits per heavy atom. The molecular weight excluding hydrogens is 396 g/mol. The highest BCUT2D eigenvalue weighted by Gasteiger charge is 2.16. The Labute approximate surface area is 171 Å². The monoisotopic (exact) mass is 422 g/mol. The SMILES string of the molecule is C[C@H](SCc1ccccc1)C(=O)NCCOc1ccc(S(=O)(=O)N(C)C)cc1. The van der Waals surface area contributed by atoms with Gasteiger partial charge in [-0.3, -0.25) is 4.79 Å². The molecule has 0 unspecified atom stereocenters. The molecule has 0 aliphatic carbocycles. The molecule has 8 heteroatoms. The van der Waals surface area contributed by atoms with E-state index < -0.39 is 10.0 Å². The molecule has 0 saturated carbocycles. The lowest BCUT2D eigenvalue weighted by Gasteiger charge is -2.13. The van der Waals surface area contributed by atoms with Gasteiger partial charge in [-0.15, -0.1) is 11.8 Å². The zero-order valence-electron chi connectivity index (χ0n) is 16.3. The molecule has 0 aliphatic heterocycles. The van der Waals surface area contributed by atoms with Gasteiger partial charge in [-0.2, -0.15) is 0 Å². The van der Waals surface area contributed by atoms with Crippen molar-refractivity contribution in [3.8, 4) is 5.75 Å². The van der Waals surface area contributed by atoms with Crippen LogP contribution in [0.25, 0.3) is 0 Å². The Hall–Kier alpha value is -2.03. The van der Waals surface area contributed by atoms with Crippen LogP contribution in [-0.4, -0.2) is 51.1 Å². The highest BCUT2D eigenvalue weighted by molar-refractivity contribution is 7.99. The first-order valence-corrected chi connectivity index (χ1v) is 11.4. The van der Waals surface area contributed by atoms with E-state index >= 15 is 0 Å². The summed E-state index contributed by atoms with van der Waals surface area (Å²) in [6, 6.07) is 16.3. The van der Waals surface area contributed by atoms with Gasteiger partial charge in [0.2, 0.25) is 15.9 Å². The minimum atomic E-state index is -3.45. The Morgan fingerprint density at radius 1 is 1.11 bits per heavy atom. The van der Waals surface area contributed by atoms with Crippen molar-refractivity contribution in [2.45, 2.75) is 22.8 Å². The zero-order valence-corrected chi connectivity index (χ0v) is 17.9. The summed E-state index contributed by atoms with van der Waals surface area (Å²) in [4.78, 5) is 12.3. The van der Waals surface area contributed by atoms with Gasteiger partial charge in [-0.1, -0.05) is 30.3 Å². The van der Waals surface area contributed by atoms with Crippen LogP contribution < -0.4 is 10.1 Å². The Bertz CT molecular complexity index is 854. The average Bonchev–Trinajstić information content (AvgIpc) is 2.70. The minimum absolute atomic E-state index is 0.0306. The maximum absolute atomic E-state index is 12.1. The van der Waals surface area contributed by atoms with Crippen LogP contribution in [0.4, 0.5) is 0 Å². The number of carbonyl (C=O) groups excluding carboxylic acids is 1. The summed E-state index contributed by atoms with van der Waals surface area (Å²) < 4.78 is 30.8. The molecule has 1 amide bonds. The Morgan fingerprint density at radius 3 is 2.36 bits per heavy atom. The first-order valence-electron chi connectivity index (χ1n) is 8.89. The van der Waals surface area contributed by atoms with Crippen molar-refractivity contribution < 1.29 is 17.9 Å². The summed E-state index contributed by atoms with van der Waals surface area (Å²) in [5, 5.41) is 2.70. The van der Waals surface area contributed by atoms with Gasteiger partial charge in [-0.25, -0.2) is 12.7 Å². The van der Waals surface area contributed by atoms with Gasteiger partial charge in [0.15, 0.2) is 0 Å². The molecule has 0 bridgehead atoms. The van der Waals surface area contributed by atoms with Crippen molar-refractivity contribution in [1.82, 2.24) is 9.62 Å². The van der Waals surface area contributed by atoms with Crippen molar-refractivity contribution in [3.63, 3.8) is 0 Å². The van der Waals surface area contributed by atoms with E-state index in [0.29, 0.717) is 18.9 Å². The number of thioether (sulfide) groups is 1. The predicted molar refractivity (Wildman–Crippen MR) is 113 cm³/mol. The van der Waals surface area contributed by atoms with Crippen molar-refractivity contribution in [2.24, 2.45) is 0 Å². The van der Waals surface area contributed by atoms with Crippen LogP contribution in [0.15, 0.2) is 59.5 Å². The molecule has 0 aliphatic rings. The third-order valence-corrected chi connectivity index (χ3v) is 7.03. The fraction of sp³-hybridized carbons (Fsp3) is 0.350. The number of hydrogen-bond acceptors (Lipinski definition) is 5. The normalized spacial score (nSPS) is 12.6. The molecule has 0 spiro atoms. The molecule has 152 valence electrons. The summed E-state index contributed by atoms with van der Waals surface area (Å²) in [5.74, 6) is 1.31. The van der Waals surface area contributed by atoms with E-state index in [0.717, 1.165) is 10.1 Å². The second-order valence-corrected chi connectivity index (χ2v) is 9.82. The van der Waals surface area contributed by atoms with Crippen LogP contribution in [-0.2, 0) is 20.6 Å². The molecule has 1 N–H and O–H groups in total. The first kappa shape index (κ1) is 22.3. The molecule has 0 aromatic heterocycles. The van der Waals surface area contributed by atoms with Gasteiger partial charge < -0.3 is 10.1 Å². The van der Waals surface area contributed by atoms with Crippen LogP contribution in [0, 0.1) is 0 Å². The number of sulfonamides is 1. The first-order chi connectivity index (χ1) is 13.3. The predicted octanol–water partition coefficient (Wildman–Crippen LogP) is 2.75. The summed E-state index contributed by atoms with van der Waals surface area (Å²) in [5.41, 5.74) is 1.19. The van der Waals surface area contributed by atoms with E-state index in [1.165, 1.54) is 31.8 Å². The lowest BCUT2D eigenvalue weighted by Crippen LogP contribution is -2.34. The highest BCUT2D eigenvalue weighted by Crippen LogP contribution is 2.19. The van der Waals surface area contributed by atoms with Crippen LogP contribution >= 0.6 is 11.8 Å². The Balaban J connectivity index is 1.71. The molecule has 0 fully saturated rings. The number of hydrogen-bond donors (Lipinski definition) is 1. The number of carbonyl (C=O) groups is 1. The number of nitrogens with one attached hydrogen (secondary N) is 1. The molecule has 0 heterocycles. The lowest BCUT2D eigenvalue weighted by atomic mass is 10.2. The number of rotatable bonds is 10. The molecule has 2 aromatic rings. The van der Waals surface area contributed by atoms with Crippen LogP contribution in [0.2, 0.25) is 0 Å². The summed E-state index contributed by atoms with van der Waals surface area (Å²) >= 11 is 1.58. The third kappa shape index (κ3) is 6.54. The van der Waals surface area contributed by atoms with Crippen molar-refractivity contribution in [3.05, 3.63) is 60.2 Å². The van der Waals surface area contributed by atoms with E-state index in [1.54, 1.807) is 23.9 Å². The van der Waals surface area contributed by atoms with Gasteiger partial charge in [0.25, 0.3) is 0 Å². The quantitative estimate of drug-likeness (QED) is 0.596. The van der Waals surface area contributed by atoms with E-state index in [1.807, 2.05) is 37.3 Å². The molecule has 0 saturated heterocycles. The van der Waals surface area contributed by atoms with Crippen LogP contribution in [0.3, 0.4) is 0 Å². The number of nitrogens with zero attached hydrogens (tertiary/aromatic N) is 1. The van der Waals surface area contributed by atoms with Crippen molar-refractivity contribution >= 4 is 27.7 Å². The maximum atomic E-state index is 12.1. The molecule has 2 rings (SSSR count). The second kappa shape index (κ2) is 10.5. The summed E-state index contributed by atoms with van der Waals surface area (Å²) in [6.07, 6.45) is 0. The molecule has 0 radical (unpaired) electrons. The van der Waals surface area contributed by atoms with Gasteiger partial charge in [0.1, 0.15) is 12.4 Å². The van der Waals surface area contributed by atoms with Crippen LogP contribution in [0.5, 0.6) is 5.75 Å². The average molecular weight is 423 g/mol. The smallest absolute Gasteiger partial charge is 0.242 e. The largest absolute Gasteiger partial charge is 0.492 e. The number of ether oxygens (including phenoxy) is 1. The third-order valence-electron chi connectivity index (χ3n) is 3.98. The van der Waals surface area contributed by atoms with Gasteiger partial charge in [0, 0.05) is 19.8 Å². The second-order valence-electron chi connectivity index (χ2n) is 6.34. The van der Waals surface area contributed by atoms with E-state index in [-0.39, 0.29) is 16.1 Å². The Kier molecular flexibility index (Phi) is 8.35. The van der Waals surface area contributed by atoms with Gasteiger partial charge in [-0.05, 0) is 36.8 Å². The number of benzene rings is 2. The maximum Gasteiger partial charge on any atom is 0.242 e. The van der Waals surface area contributed by atoms with Gasteiger partial charge in [0.05, 0.1) is 16.7 Å². The molecular formula is C20H26N2O4S2. The highest BCUT2D eigenvalue weighted by atomic mass is 32.2. The van der Waals surface area contributed by atoms with E-state index in [4.69, 9.17) is 4.74 Å². The van der Waals surface area contributed by atoms with E-state index in [9.17, 15) is 13.2 Å². The van der Waals surface area contributed by atoms with Crippen molar-refractivity contribution in [1.29, 1.82) is 0 Å². The lowest BCUT2D eigenvalue weighted by molar-refractivity contribution is -0.120. The number of amides is 1. The standard InChI is InChI=1S/C20H26N2O4S2/c1-16(27-15-17-7-5-4-6-8-17)20(23)21-13-14-26-18-9-11-19(12-10-18)28(24,25)22(2)3/h4-12,16H,13-15H2,1-3H3,(H,21,23)/t16-/m0/s1. The van der Waals surface area contributed by atoms with Crippen LogP contribution in [0.1, 0.15) is 12.5 Å². The minimum Gasteiger partial charge on any atom is -0.492 e. The summed E-state index contributed by atoms with van der Waals surface area (Å²) in [6.45, 7) is 2.57. The van der Waals surface area contributed by atoms with E-state index in [2.05, 4.69) is 5.32 Å². The summed E-state index contributed by atoms with van der Waals surface area (Å²) in [7, 11) is -0.471. The topological polar surface area (TPSA) is 75.7 Å². The zero-order chi connectivity index (χ0) is 20.6. The fourth-order valence-electron chi connectivity index (χ4n) is 2.28. The van der Waals surface area contributed by atoms with Gasteiger partial charge >= 0.3 is 0 Å². The molecule has 6 nitrogen and oxygen atoms in total. The molecule has 28 heavy (non-hydrogen) atoms. The molecule has 1 atom stereocenters. The fourth-order valence-corrected chi connectivity index (χ4v) is 4.05.